The fourth-order valence-electron chi connectivity index (χ4n) is 3.69. The predicted octanol–water partition coefficient (Wildman–Crippen LogP) is 2.39. The van der Waals surface area contributed by atoms with E-state index in [9.17, 15) is 9.90 Å². The third-order valence-corrected chi connectivity index (χ3v) is 5.19. The van der Waals surface area contributed by atoms with Gasteiger partial charge < -0.3 is 5.11 Å². The fourth-order valence-corrected chi connectivity index (χ4v) is 3.69. The van der Waals surface area contributed by atoms with Gasteiger partial charge in [0.1, 0.15) is 5.69 Å². The molecule has 2 aromatic rings. The highest BCUT2D eigenvalue weighted by atomic mass is 16.3. The van der Waals surface area contributed by atoms with Gasteiger partial charge in [-0.25, -0.2) is 9.67 Å². The predicted molar refractivity (Wildman–Crippen MR) is 90.4 cm³/mol. The van der Waals surface area contributed by atoms with Crippen LogP contribution in [0.25, 0.3) is 5.82 Å². The van der Waals surface area contributed by atoms with Crippen molar-refractivity contribution in [3.8, 4) is 11.9 Å². The average molecular weight is 336 g/mol. The van der Waals surface area contributed by atoms with E-state index >= 15 is 0 Å². The number of rotatable bonds is 5. The summed E-state index contributed by atoms with van der Waals surface area (Å²) >= 11 is 0. The van der Waals surface area contributed by atoms with E-state index in [0.29, 0.717) is 28.9 Å². The van der Waals surface area contributed by atoms with E-state index in [4.69, 9.17) is 5.26 Å². The zero-order valence-corrected chi connectivity index (χ0v) is 14.4. The van der Waals surface area contributed by atoms with E-state index in [1.165, 1.54) is 0 Å². The number of hydrogen-bond acceptors (Lipinski definition) is 5. The molecule has 0 unspecified atom stereocenters. The zero-order valence-electron chi connectivity index (χ0n) is 14.4. The lowest BCUT2D eigenvalue weighted by Crippen LogP contribution is -2.22. The summed E-state index contributed by atoms with van der Waals surface area (Å²) in [6.45, 7) is 3.70. The second kappa shape index (κ2) is 5.50. The number of fused-ring (bicyclic) bond motifs is 3. The molecule has 0 spiro atoms. The second-order valence-electron chi connectivity index (χ2n) is 7.87. The molecule has 4 rings (SSSR count). The molecular formula is C19H20N4O2. The van der Waals surface area contributed by atoms with Crippen LogP contribution in [-0.2, 0) is 6.42 Å². The van der Waals surface area contributed by atoms with Crippen molar-refractivity contribution in [2.75, 3.05) is 6.61 Å². The van der Waals surface area contributed by atoms with Gasteiger partial charge in [0.2, 0.25) is 0 Å². The van der Waals surface area contributed by atoms with Gasteiger partial charge in [0.05, 0.1) is 17.3 Å². The Morgan fingerprint density at radius 2 is 2.32 bits per heavy atom. The molecule has 2 aliphatic carbocycles. The summed E-state index contributed by atoms with van der Waals surface area (Å²) in [6.07, 6.45) is 3.87. The van der Waals surface area contributed by atoms with E-state index < -0.39 is 5.41 Å². The first-order valence-electron chi connectivity index (χ1n) is 8.56. The van der Waals surface area contributed by atoms with E-state index in [1.807, 2.05) is 13.8 Å². The number of aliphatic hydroxyl groups excluding tert-OH is 1. The van der Waals surface area contributed by atoms with Crippen LogP contribution < -0.4 is 0 Å². The first-order chi connectivity index (χ1) is 11.9. The van der Waals surface area contributed by atoms with Crippen LogP contribution in [0.1, 0.15) is 59.9 Å². The Bertz CT molecular complexity index is 907. The lowest BCUT2D eigenvalue weighted by Gasteiger charge is -2.19. The maximum atomic E-state index is 12.8. The van der Waals surface area contributed by atoms with Crippen LogP contribution in [0.5, 0.6) is 0 Å². The number of Topliss-reactive ketones (excluding diaryl/α,β-unsaturated/α-hetero) is 1. The van der Waals surface area contributed by atoms with E-state index in [1.54, 1.807) is 23.0 Å². The van der Waals surface area contributed by atoms with Crippen molar-refractivity contribution in [1.29, 1.82) is 5.26 Å². The van der Waals surface area contributed by atoms with Crippen LogP contribution in [0.3, 0.4) is 0 Å². The van der Waals surface area contributed by atoms with Crippen molar-refractivity contribution >= 4 is 5.78 Å². The van der Waals surface area contributed by atoms with Crippen molar-refractivity contribution in [2.45, 2.75) is 39.0 Å². The maximum Gasteiger partial charge on any atom is 0.183 e. The molecule has 2 heterocycles. The van der Waals surface area contributed by atoms with Crippen LogP contribution >= 0.6 is 0 Å². The molecule has 128 valence electrons. The number of nitrogens with zero attached hydrogens (tertiary/aromatic N) is 4. The van der Waals surface area contributed by atoms with Gasteiger partial charge in [-0.15, -0.1) is 0 Å². The monoisotopic (exact) mass is 336 g/mol. The minimum absolute atomic E-state index is 0.0354. The number of ketones is 1. The van der Waals surface area contributed by atoms with Crippen LogP contribution in [0, 0.1) is 22.7 Å². The molecule has 2 atom stereocenters. The normalized spacial score (nSPS) is 20.7. The first kappa shape index (κ1) is 16.0. The largest absolute Gasteiger partial charge is 0.396 e. The van der Waals surface area contributed by atoms with Crippen LogP contribution in [-0.4, -0.2) is 32.3 Å². The van der Waals surface area contributed by atoms with Crippen molar-refractivity contribution < 1.29 is 9.90 Å². The van der Waals surface area contributed by atoms with Gasteiger partial charge in [-0.2, -0.15) is 10.4 Å². The molecule has 2 aromatic heterocycles. The lowest BCUT2D eigenvalue weighted by molar-refractivity contribution is 0.0852. The molecule has 0 radical (unpaired) electrons. The molecule has 0 saturated heterocycles. The molecule has 1 N–H and O–H groups in total. The van der Waals surface area contributed by atoms with Gasteiger partial charge in [0, 0.05) is 36.8 Å². The summed E-state index contributed by atoms with van der Waals surface area (Å²) in [4.78, 5) is 17.2. The van der Waals surface area contributed by atoms with Crippen LogP contribution in [0.15, 0.2) is 18.3 Å². The number of carbonyl (C=O) groups excluding carboxylic acids is 1. The smallest absolute Gasteiger partial charge is 0.183 e. The summed E-state index contributed by atoms with van der Waals surface area (Å²) in [5, 5.41) is 23.2. The molecule has 2 aliphatic rings. The van der Waals surface area contributed by atoms with Crippen LogP contribution in [0.4, 0.5) is 0 Å². The number of pyridine rings is 1. The Labute approximate surface area is 146 Å². The van der Waals surface area contributed by atoms with E-state index in [2.05, 4.69) is 16.2 Å². The van der Waals surface area contributed by atoms with Gasteiger partial charge in [0.15, 0.2) is 11.6 Å². The quantitative estimate of drug-likeness (QED) is 0.847. The highest BCUT2D eigenvalue weighted by Gasteiger charge is 2.50. The number of nitriles is 1. The Morgan fingerprint density at radius 3 is 3.04 bits per heavy atom. The Balaban J connectivity index is 1.77. The lowest BCUT2D eigenvalue weighted by atomic mass is 9.87. The molecular weight excluding hydrogens is 316 g/mol. The number of hydrogen-bond donors (Lipinski definition) is 1. The molecule has 1 fully saturated rings. The van der Waals surface area contributed by atoms with Crippen LogP contribution in [0.2, 0.25) is 0 Å². The topological polar surface area (TPSA) is 91.8 Å². The number of aromatic nitrogens is 3. The number of carbonyl (C=O) groups is 1. The molecule has 25 heavy (non-hydrogen) atoms. The molecule has 6 nitrogen and oxygen atoms in total. The van der Waals surface area contributed by atoms with Gasteiger partial charge >= 0.3 is 0 Å². The molecule has 1 saturated carbocycles. The summed E-state index contributed by atoms with van der Waals surface area (Å²) in [6, 6.07) is 5.48. The van der Waals surface area contributed by atoms with Gasteiger partial charge in [-0.3, -0.25) is 4.79 Å². The minimum atomic E-state index is -0.464. The summed E-state index contributed by atoms with van der Waals surface area (Å²) in [5.74, 6) is 1.60. The molecule has 0 bridgehead atoms. The van der Waals surface area contributed by atoms with Crippen molar-refractivity contribution in [3.05, 3.63) is 40.8 Å². The van der Waals surface area contributed by atoms with Crippen molar-refractivity contribution in [1.82, 2.24) is 14.8 Å². The maximum absolute atomic E-state index is 12.8. The summed E-state index contributed by atoms with van der Waals surface area (Å²) in [5.41, 5.74) is 2.68. The Kier molecular flexibility index (Phi) is 3.51. The van der Waals surface area contributed by atoms with Crippen molar-refractivity contribution in [2.24, 2.45) is 11.3 Å². The summed E-state index contributed by atoms with van der Waals surface area (Å²) < 4.78 is 1.76. The molecule has 0 amide bonds. The summed E-state index contributed by atoms with van der Waals surface area (Å²) in [7, 11) is 0. The fraction of sp³-hybridized carbons (Fsp3) is 0.474. The highest BCUT2D eigenvalue weighted by Crippen LogP contribution is 2.57. The van der Waals surface area contributed by atoms with E-state index in [0.717, 1.165) is 24.1 Å². The van der Waals surface area contributed by atoms with Gasteiger partial charge in [-0.1, -0.05) is 13.8 Å². The Morgan fingerprint density at radius 1 is 1.52 bits per heavy atom. The molecule has 0 aliphatic heterocycles. The van der Waals surface area contributed by atoms with Gasteiger partial charge in [-0.05, 0) is 30.2 Å². The third kappa shape index (κ3) is 2.65. The zero-order chi connectivity index (χ0) is 17.8. The first-order valence-corrected chi connectivity index (χ1v) is 8.56. The third-order valence-electron chi connectivity index (χ3n) is 5.19. The SMILES string of the molecule is CC(C)(CO)CC(=O)c1nn(-c2cc(C#N)ccn2)c2c1C[C@H]1C[C@@H]21. The Hall–Kier alpha value is -2.52. The van der Waals surface area contributed by atoms with E-state index in [-0.39, 0.29) is 18.8 Å². The second-order valence-corrected chi connectivity index (χ2v) is 7.87. The molecule has 0 aromatic carbocycles. The molecule has 6 heteroatoms. The minimum Gasteiger partial charge on any atom is -0.396 e. The van der Waals surface area contributed by atoms with Crippen molar-refractivity contribution in [3.63, 3.8) is 0 Å². The highest BCUT2D eigenvalue weighted by molar-refractivity contribution is 5.96. The standard InChI is InChI=1S/C19H20N4O2/c1-19(2,10-24)8-15(25)17-14-7-12-6-13(12)18(14)23(22-17)16-5-11(9-20)3-4-21-16/h3-5,12-13,24H,6-8,10H2,1-2H3/t12-,13-/m1/s1. The average Bonchev–Trinajstić information content (AvgIpc) is 3.10. The van der Waals surface area contributed by atoms with Gasteiger partial charge in [0.25, 0.3) is 0 Å². The number of aliphatic hydroxyl groups is 1.